The highest BCUT2D eigenvalue weighted by molar-refractivity contribution is 6.31. The Morgan fingerprint density at radius 2 is 2.09 bits per heavy atom. The predicted octanol–water partition coefficient (Wildman–Crippen LogP) is 3.07. The first-order valence-electron chi connectivity index (χ1n) is 6.88. The Morgan fingerprint density at radius 1 is 1.30 bits per heavy atom. The Labute approximate surface area is 135 Å². The van der Waals surface area contributed by atoms with E-state index in [0.717, 1.165) is 5.56 Å². The molecule has 0 spiro atoms. The molecule has 0 aliphatic carbocycles. The Kier molecular flexibility index (Phi) is 3.92. The summed E-state index contributed by atoms with van der Waals surface area (Å²) < 4.78 is 14.4. The Hall–Kier alpha value is -2.60. The number of carbonyl (C=O) groups excluding carboxylic acids is 1. The zero-order valence-corrected chi connectivity index (χ0v) is 12.9. The van der Waals surface area contributed by atoms with Crippen molar-refractivity contribution >= 4 is 34.2 Å². The third-order valence-electron chi connectivity index (χ3n) is 3.49. The van der Waals surface area contributed by atoms with Crippen molar-refractivity contribution in [3.05, 3.63) is 63.3 Å². The van der Waals surface area contributed by atoms with E-state index in [0.29, 0.717) is 21.7 Å². The van der Waals surface area contributed by atoms with Crippen LogP contribution in [-0.2, 0) is 11.3 Å². The number of nitrogens with one attached hydrogen (secondary N) is 2. The van der Waals surface area contributed by atoms with Crippen LogP contribution in [0.25, 0.3) is 11.0 Å². The molecule has 0 saturated heterocycles. The van der Waals surface area contributed by atoms with Crippen molar-refractivity contribution in [2.24, 2.45) is 0 Å². The molecule has 1 heterocycles. The summed E-state index contributed by atoms with van der Waals surface area (Å²) in [5, 5.41) is 3.22. The number of aromatic amines is 1. The number of fused-ring (bicyclic) bond motifs is 1. The van der Waals surface area contributed by atoms with E-state index in [1.54, 1.807) is 18.2 Å². The summed E-state index contributed by atoms with van der Waals surface area (Å²) in [5.74, 6) is -0.832. The van der Waals surface area contributed by atoms with E-state index in [4.69, 9.17) is 11.6 Å². The van der Waals surface area contributed by atoms with Gasteiger partial charge in [0.1, 0.15) is 12.4 Å². The van der Waals surface area contributed by atoms with Crippen LogP contribution >= 0.6 is 11.6 Å². The lowest BCUT2D eigenvalue weighted by molar-refractivity contribution is -0.116. The molecule has 0 unspecified atom stereocenters. The van der Waals surface area contributed by atoms with Crippen LogP contribution in [0.15, 0.2) is 41.2 Å². The predicted molar refractivity (Wildman–Crippen MR) is 87.3 cm³/mol. The van der Waals surface area contributed by atoms with Gasteiger partial charge in [-0.1, -0.05) is 17.7 Å². The van der Waals surface area contributed by atoms with Crippen molar-refractivity contribution in [3.63, 3.8) is 0 Å². The van der Waals surface area contributed by atoms with Crippen LogP contribution in [0.5, 0.6) is 0 Å². The highest BCUT2D eigenvalue weighted by Gasteiger charge is 2.12. The summed E-state index contributed by atoms with van der Waals surface area (Å²) in [6.45, 7) is 1.68. The van der Waals surface area contributed by atoms with Crippen molar-refractivity contribution in [1.82, 2.24) is 9.55 Å². The fourth-order valence-electron chi connectivity index (χ4n) is 2.31. The molecular formula is C16H13ClFN3O2. The van der Waals surface area contributed by atoms with Crippen LogP contribution in [0.4, 0.5) is 10.1 Å². The topological polar surface area (TPSA) is 66.9 Å². The zero-order valence-electron chi connectivity index (χ0n) is 12.2. The van der Waals surface area contributed by atoms with Crippen LogP contribution in [0.2, 0.25) is 5.02 Å². The lowest BCUT2D eigenvalue weighted by Crippen LogP contribution is -2.25. The maximum Gasteiger partial charge on any atom is 0.326 e. The SMILES string of the molecule is Cc1ccc(NC(=O)Cn2c(=O)[nH]c3cc(F)ccc32)cc1Cl. The van der Waals surface area contributed by atoms with Crippen LogP contribution in [0.3, 0.4) is 0 Å². The number of hydrogen-bond acceptors (Lipinski definition) is 2. The minimum Gasteiger partial charge on any atom is -0.324 e. The molecule has 5 nitrogen and oxygen atoms in total. The molecule has 118 valence electrons. The lowest BCUT2D eigenvalue weighted by Gasteiger charge is -2.07. The van der Waals surface area contributed by atoms with Crippen molar-refractivity contribution in [2.75, 3.05) is 5.32 Å². The van der Waals surface area contributed by atoms with Crippen molar-refractivity contribution in [3.8, 4) is 0 Å². The monoisotopic (exact) mass is 333 g/mol. The first-order chi connectivity index (χ1) is 10.9. The molecule has 1 aromatic heterocycles. The van der Waals surface area contributed by atoms with Gasteiger partial charge >= 0.3 is 5.69 Å². The van der Waals surface area contributed by atoms with E-state index in [1.807, 2.05) is 6.92 Å². The molecule has 0 fully saturated rings. The van der Waals surface area contributed by atoms with Crippen molar-refractivity contribution in [1.29, 1.82) is 0 Å². The quantitative estimate of drug-likeness (QED) is 0.773. The number of aromatic nitrogens is 2. The fraction of sp³-hybridized carbons (Fsp3) is 0.125. The van der Waals surface area contributed by atoms with E-state index in [1.165, 1.54) is 22.8 Å². The van der Waals surface area contributed by atoms with Crippen LogP contribution in [-0.4, -0.2) is 15.5 Å². The average Bonchev–Trinajstić information content (AvgIpc) is 2.78. The second kappa shape index (κ2) is 5.89. The number of benzene rings is 2. The Balaban J connectivity index is 1.84. The lowest BCUT2D eigenvalue weighted by atomic mass is 10.2. The molecule has 7 heteroatoms. The van der Waals surface area contributed by atoms with Crippen LogP contribution in [0.1, 0.15) is 5.56 Å². The van der Waals surface area contributed by atoms with E-state index in [9.17, 15) is 14.0 Å². The van der Waals surface area contributed by atoms with Gasteiger partial charge in [0.2, 0.25) is 5.91 Å². The highest BCUT2D eigenvalue weighted by Crippen LogP contribution is 2.20. The number of aryl methyl sites for hydroxylation is 1. The van der Waals surface area contributed by atoms with Gasteiger partial charge in [0.25, 0.3) is 0 Å². The normalized spacial score (nSPS) is 10.9. The molecule has 2 N–H and O–H groups in total. The number of anilines is 1. The number of halogens is 2. The minimum absolute atomic E-state index is 0.185. The summed E-state index contributed by atoms with van der Waals surface area (Å²) in [6.07, 6.45) is 0. The number of carbonyl (C=O) groups is 1. The maximum atomic E-state index is 13.2. The number of nitrogens with zero attached hydrogens (tertiary/aromatic N) is 1. The molecule has 3 rings (SSSR count). The summed E-state index contributed by atoms with van der Waals surface area (Å²) in [4.78, 5) is 26.6. The highest BCUT2D eigenvalue weighted by atomic mass is 35.5. The number of imidazole rings is 1. The average molecular weight is 334 g/mol. The summed E-state index contributed by atoms with van der Waals surface area (Å²) in [7, 11) is 0. The smallest absolute Gasteiger partial charge is 0.324 e. The molecule has 0 aliphatic rings. The third-order valence-corrected chi connectivity index (χ3v) is 3.90. The molecule has 0 atom stereocenters. The van der Waals surface area contributed by atoms with Crippen LogP contribution in [0, 0.1) is 12.7 Å². The number of amides is 1. The van der Waals surface area contributed by atoms with E-state index < -0.39 is 11.5 Å². The summed E-state index contributed by atoms with van der Waals surface area (Å²) >= 11 is 6.01. The zero-order chi connectivity index (χ0) is 16.6. The Morgan fingerprint density at radius 3 is 2.83 bits per heavy atom. The molecule has 0 aliphatic heterocycles. The van der Waals surface area contributed by atoms with Gasteiger partial charge in [-0.05, 0) is 42.8 Å². The van der Waals surface area contributed by atoms with Crippen molar-refractivity contribution < 1.29 is 9.18 Å². The van der Waals surface area contributed by atoms with E-state index in [2.05, 4.69) is 10.3 Å². The molecule has 0 saturated carbocycles. The van der Waals surface area contributed by atoms with Crippen molar-refractivity contribution in [2.45, 2.75) is 13.5 Å². The molecule has 23 heavy (non-hydrogen) atoms. The molecule has 0 radical (unpaired) electrons. The van der Waals surface area contributed by atoms with E-state index in [-0.39, 0.29) is 12.5 Å². The number of hydrogen-bond donors (Lipinski definition) is 2. The molecule has 3 aromatic rings. The van der Waals surface area contributed by atoms with Gasteiger partial charge in [-0.15, -0.1) is 0 Å². The standard InChI is InChI=1S/C16H13ClFN3O2/c1-9-2-4-11(7-12(9)17)19-15(22)8-21-14-5-3-10(18)6-13(14)20-16(21)23/h2-7H,8H2,1H3,(H,19,22)(H,20,23). The van der Waals surface area contributed by atoms with Gasteiger partial charge in [-0.2, -0.15) is 0 Å². The van der Waals surface area contributed by atoms with Gasteiger partial charge in [0.15, 0.2) is 0 Å². The Bertz CT molecular complexity index is 962. The molecule has 1 amide bonds. The largest absolute Gasteiger partial charge is 0.326 e. The molecule has 0 bridgehead atoms. The second-order valence-corrected chi connectivity index (χ2v) is 5.60. The van der Waals surface area contributed by atoms with Gasteiger partial charge in [-0.3, -0.25) is 9.36 Å². The first-order valence-corrected chi connectivity index (χ1v) is 7.26. The van der Waals surface area contributed by atoms with Crippen LogP contribution < -0.4 is 11.0 Å². The summed E-state index contributed by atoms with van der Waals surface area (Å²) in [5.41, 5.74) is 1.79. The van der Waals surface area contributed by atoms with Gasteiger partial charge in [-0.25, -0.2) is 9.18 Å². The van der Waals surface area contributed by atoms with E-state index >= 15 is 0 Å². The summed E-state index contributed by atoms with van der Waals surface area (Å²) in [6, 6.07) is 9.07. The molecular weight excluding hydrogens is 321 g/mol. The second-order valence-electron chi connectivity index (χ2n) is 5.19. The minimum atomic E-state index is -0.470. The number of rotatable bonds is 3. The van der Waals surface area contributed by atoms with Gasteiger partial charge in [0.05, 0.1) is 11.0 Å². The van der Waals surface area contributed by atoms with Gasteiger partial charge in [0, 0.05) is 10.7 Å². The van der Waals surface area contributed by atoms with Gasteiger partial charge < -0.3 is 10.3 Å². The maximum absolute atomic E-state index is 13.2. The third kappa shape index (κ3) is 3.12. The first kappa shape index (κ1) is 15.3. The number of H-pyrrole nitrogens is 1. The molecule has 2 aromatic carbocycles. The fourth-order valence-corrected chi connectivity index (χ4v) is 2.49.